The maximum atomic E-state index is 10.6. The summed E-state index contributed by atoms with van der Waals surface area (Å²) >= 11 is 5.67. The first-order chi connectivity index (χ1) is 6.58. The van der Waals surface area contributed by atoms with Crippen LogP contribution in [0.1, 0.15) is 18.1 Å². The molecule has 1 aromatic rings. The standard InChI is InChI=1S/C11H11ClO2/c1-8-3-5-10(6-4-8)7-11(12)14-9(2)13/h3-7H,1-2H3/b11-7-. The smallest absolute Gasteiger partial charge is 0.308 e. The minimum Gasteiger partial charge on any atom is -0.414 e. The van der Waals surface area contributed by atoms with Crippen LogP contribution in [0.25, 0.3) is 6.08 Å². The van der Waals surface area contributed by atoms with Crippen LogP contribution in [0.15, 0.2) is 29.5 Å². The molecule has 0 aliphatic rings. The average molecular weight is 211 g/mol. The first-order valence-corrected chi connectivity index (χ1v) is 4.58. The number of hydrogen-bond donors (Lipinski definition) is 0. The zero-order valence-corrected chi connectivity index (χ0v) is 8.84. The molecule has 0 saturated heterocycles. The maximum Gasteiger partial charge on any atom is 0.308 e. The Kier molecular flexibility index (Phi) is 3.72. The van der Waals surface area contributed by atoms with Crippen molar-refractivity contribution in [2.75, 3.05) is 0 Å². The van der Waals surface area contributed by atoms with E-state index in [0.717, 1.165) is 5.56 Å². The number of halogens is 1. The van der Waals surface area contributed by atoms with Gasteiger partial charge in [0.05, 0.1) is 0 Å². The number of rotatable bonds is 2. The molecular weight excluding hydrogens is 200 g/mol. The number of carbonyl (C=O) groups is 1. The molecule has 0 heterocycles. The molecule has 0 aliphatic heterocycles. The van der Waals surface area contributed by atoms with E-state index in [1.54, 1.807) is 6.08 Å². The van der Waals surface area contributed by atoms with Crippen LogP contribution in [0.3, 0.4) is 0 Å². The number of benzene rings is 1. The van der Waals surface area contributed by atoms with Crippen molar-refractivity contribution in [1.29, 1.82) is 0 Å². The summed E-state index contributed by atoms with van der Waals surface area (Å²) in [5.41, 5.74) is 2.08. The maximum absolute atomic E-state index is 10.6. The van der Waals surface area contributed by atoms with Gasteiger partial charge in [-0.2, -0.15) is 0 Å². The van der Waals surface area contributed by atoms with Gasteiger partial charge >= 0.3 is 5.97 Å². The lowest BCUT2D eigenvalue weighted by molar-refractivity contribution is -0.135. The summed E-state index contributed by atoms with van der Waals surface area (Å²) in [4.78, 5) is 10.6. The van der Waals surface area contributed by atoms with E-state index in [1.807, 2.05) is 31.2 Å². The Morgan fingerprint density at radius 1 is 1.36 bits per heavy atom. The second-order valence-corrected chi connectivity index (χ2v) is 3.33. The fourth-order valence-corrected chi connectivity index (χ4v) is 1.20. The molecule has 2 nitrogen and oxygen atoms in total. The monoisotopic (exact) mass is 210 g/mol. The Morgan fingerprint density at radius 3 is 2.43 bits per heavy atom. The lowest BCUT2D eigenvalue weighted by atomic mass is 10.1. The zero-order valence-electron chi connectivity index (χ0n) is 8.08. The van der Waals surface area contributed by atoms with Gasteiger partial charge in [-0.05, 0) is 24.1 Å². The van der Waals surface area contributed by atoms with Crippen molar-refractivity contribution in [2.45, 2.75) is 13.8 Å². The van der Waals surface area contributed by atoms with Gasteiger partial charge in [-0.3, -0.25) is 4.79 Å². The number of esters is 1. The van der Waals surface area contributed by atoms with Gasteiger partial charge in [0.15, 0.2) is 5.22 Å². The third-order valence-corrected chi connectivity index (χ3v) is 1.78. The second-order valence-electron chi connectivity index (χ2n) is 2.95. The van der Waals surface area contributed by atoms with E-state index in [1.165, 1.54) is 12.5 Å². The first-order valence-electron chi connectivity index (χ1n) is 4.20. The first kappa shape index (κ1) is 10.8. The van der Waals surface area contributed by atoms with Gasteiger partial charge in [0.2, 0.25) is 0 Å². The summed E-state index contributed by atoms with van der Waals surface area (Å²) in [6.07, 6.45) is 1.60. The molecule has 0 aromatic heterocycles. The molecule has 14 heavy (non-hydrogen) atoms. The van der Waals surface area contributed by atoms with E-state index in [-0.39, 0.29) is 5.22 Å². The minimum absolute atomic E-state index is 0.0846. The molecule has 0 aliphatic carbocycles. The van der Waals surface area contributed by atoms with E-state index in [9.17, 15) is 4.79 Å². The molecule has 0 spiro atoms. The largest absolute Gasteiger partial charge is 0.414 e. The summed E-state index contributed by atoms with van der Waals surface area (Å²) < 4.78 is 4.67. The summed E-state index contributed by atoms with van der Waals surface area (Å²) in [5.74, 6) is -0.418. The van der Waals surface area contributed by atoms with E-state index in [2.05, 4.69) is 4.74 Å². The lowest BCUT2D eigenvalue weighted by Crippen LogP contribution is -1.93. The molecule has 0 bridgehead atoms. The highest BCUT2D eigenvalue weighted by Crippen LogP contribution is 2.12. The van der Waals surface area contributed by atoms with E-state index in [4.69, 9.17) is 11.6 Å². The quantitative estimate of drug-likeness (QED) is 0.554. The predicted molar refractivity (Wildman–Crippen MR) is 56.8 cm³/mol. The summed E-state index contributed by atoms with van der Waals surface area (Å²) in [6.45, 7) is 3.31. The van der Waals surface area contributed by atoms with Crippen molar-refractivity contribution in [1.82, 2.24) is 0 Å². The van der Waals surface area contributed by atoms with Crippen molar-refractivity contribution in [3.63, 3.8) is 0 Å². The fourth-order valence-electron chi connectivity index (χ4n) is 0.960. The topological polar surface area (TPSA) is 26.3 Å². The second kappa shape index (κ2) is 4.82. The molecule has 0 fully saturated rings. The van der Waals surface area contributed by atoms with Crippen molar-refractivity contribution < 1.29 is 9.53 Å². The van der Waals surface area contributed by atoms with Gasteiger partial charge in [-0.25, -0.2) is 0 Å². The van der Waals surface area contributed by atoms with Crippen LogP contribution in [-0.4, -0.2) is 5.97 Å². The van der Waals surface area contributed by atoms with Gasteiger partial charge in [-0.15, -0.1) is 0 Å². The Balaban J connectivity index is 2.76. The van der Waals surface area contributed by atoms with Crippen LogP contribution in [0.5, 0.6) is 0 Å². The number of ether oxygens (including phenoxy) is 1. The summed E-state index contributed by atoms with van der Waals surface area (Å²) in [5, 5.41) is 0.0846. The molecular formula is C11H11ClO2. The van der Waals surface area contributed by atoms with Crippen LogP contribution in [0.2, 0.25) is 0 Å². The number of carbonyl (C=O) groups excluding carboxylic acids is 1. The van der Waals surface area contributed by atoms with Crippen LogP contribution in [0.4, 0.5) is 0 Å². The Labute approximate surface area is 88.1 Å². The van der Waals surface area contributed by atoms with Crippen LogP contribution in [-0.2, 0) is 9.53 Å². The van der Waals surface area contributed by atoms with Crippen molar-refractivity contribution >= 4 is 23.6 Å². The molecule has 0 N–H and O–H groups in total. The SMILES string of the molecule is CC(=O)O/C(Cl)=C\c1ccc(C)cc1. The van der Waals surface area contributed by atoms with Crippen LogP contribution < -0.4 is 0 Å². The average Bonchev–Trinajstić information content (AvgIpc) is 2.07. The van der Waals surface area contributed by atoms with E-state index in [0.29, 0.717) is 0 Å². The van der Waals surface area contributed by atoms with E-state index >= 15 is 0 Å². The molecule has 1 aromatic carbocycles. The molecule has 3 heteroatoms. The fraction of sp³-hybridized carbons (Fsp3) is 0.182. The van der Waals surface area contributed by atoms with Crippen molar-refractivity contribution in [2.24, 2.45) is 0 Å². The highest BCUT2D eigenvalue weighted by molar-refractivity contribution is 6.30. The highest BCUT2D eigenvalue weighted by atomic mass is 35.5. The molecule has 0 radical (unpaired) electrons. The Morgan fingerprint density at radius 2 is 1.93 bits per heavy atom. The lowest BCUT2D eigenvalue weighted by Gasteiger charge is -1.98. The molecule has 74 valence electrons. The van der Waals surface area contributed by atoms with Gasteiger partial charge in [0.25, 0.3) is 0 Å². The van der Waals surface area contributed by atoms with Crippen molar-refractivity contribution in [3.05, 3.63) is 40.6 Å². The Hall–Kier alpha value is -1.28. The molecule has 0 unspecified atom stereocenters. The molecule has 0 amide bonds. The Bertz CT molecular complexity index is 352. The van der Waals surface area contributed by atoms with Gasteiger partial charge in [-0.1, -0.05) is 29.8 Å². The summed E-state index contributed by atoms with van der Waals surface area (Å²) in [7, 11) is 0. The number of aryl methyl sites for hydroxylation is 1. The van der Waals surface area contributed by atoms with Crippen molar-refractivity contribution in [3.8, 4) is 0 Å². The third kappa shape index (κ3) is 3.62. The van der Waals surface area contributed by atoms with Crippen LogP contribution >= 0.6 is 11.6 Å². The number of hydrogen-bond acceptors (Lipinski definition) is 2. The van der Waals surface area contributed by atoms with Gasteiger partial charge < -0.3 is 4.74 Å². The third-order valence-electron chi connectivity index (χ3n) is 1.60. The van der Waals surface area contributed by atoms with Gasteiger partial charge in [0.1, 0.15) is 0 Å². The van der Waals surface area contributed by atoms with E-state index < -0.39 is 5.97 Å². The van der Waals surface area contributed by atoms with Crippen LogP contribution in [0, 0.1) is 6.92 Å². The van der Waals surface area contributed by atoms with Gasteiger partial charge in [0, 0.05) is 13.0 Å². The predicted octanol–water partition coefficient (Wildman–Crippen LogP) is 3.10. The molecule has 0 atom stereocenters. The normalized spacial score (nSPS) is 11.2. The molecule has 0 saturated carbocycles. The highest BCUT2D eigenvalue weighted by Gasteiger charge is 1.97. The molecule has 1 rings (SSSR count). The minimum atomic E-state index is -0.418. The zero-order chi connectivity index (χ0) is 10.6. The summed E-state index contributed by atoms with van der Waals surface area (Å²) in [6, 6.07) is 7.73.